The van der Waals surface area contributed by atoms with Crippen molar-refractivity contribution in [2.24, 2.45) is 0 Å². The van der Waals surface area contributed by atoms with Gasteiger partial charge in [-0.05, 0) is 43.8 Å². The fraction of sp³-hybridized carbons (Fsp3) is 0.357. The zero-order chi connectivity index (χ0) is 15.6. The van der Waals surface area contributed by atoms with E-state index in [2.05, 4.69) is 5.32 Å². The number of benzene rings is 1. The van der Waals surface area contributed by atoms with Gasteiger partial charge in [-0.2, -0.15) is 0 Å². The van der Waals surface area contributed by atoms with E-state index in [0.29, 0.717) is 5.69 Å². The van der Waals surface area contributed by atoms with Crippen LogP contribution in [0.3, 0.4) is 0 Å². The van der Waals surface area contributed by atoms with Gasteiger partial charge in [-0.1, -0.05) is 6.07 Å². The second-order valence-electron chi connectivity index (χ2n) is 5.14. The fourth-order valence-corrected chi connectivity index (χ4v) is 2.84. The lowest BCUT2D eigenvalue weighted by Crippen LogP contribution is -2.37. The lowest BCUT2D eigenvalue weighted by Gasteiger charge is -2.16. The maximum absolute atomic E-state index is 13.0. The Bertz CT molecular complexity index is 604. The zero-order valence-corrected chi connectivity index (χ0v) is 12.5. The molecule has 7 heteroatoms. The number of halogens is 1. The summed E-state index contributed by atoms with van der Waals surface area (Å²) in [6.45, 7) is 3.37. The highest BCUT2D eigenvalue weighted by Crippen LogP contribution is 2.36. The van der Waals surface area contributed by atoms with Crippen LogP contribution in [-0.4, -0.2) is 33.2 Å². The fourth-order valence-electron chi connectivity index (χ4n) is 1.92. The third-order valence-corrected chi connectivity index (χ3v) is 4.07. The number of carbonyl (C=O) groups excluding carboxylic acids is 3. The van der Waals surface area contributed by atoms with Crippen LogP contribution >= 0.6 is 11.8 Å². The molecule has 0 atom stereocenters. The highest BCUT2D eigenvalue weighted by molar-refractivity contribution is 8.16. The molecule has 0 aromatic heterocycles. The summed E-state index contributed by atoms with van der Waals surface area (Å²) >= 11 is 0.953. The molecule has 1 saturated heterocycles. The van der Waals surface area contributed by atoms with Crippen molar-refractivity contribution in [3.8, 4) is 0 Å². The van der Waals surface area contributed by atoms with Gasteiger partial charge in [-0.15, -0.1) is 0 Å². The van der Waals surface area contributed by atoms with Crippen molar-refractivity contribution in [3.05, 3.63) is 30.1 Å². The molecule has 3 amide bonds. The third-order valence-electron chi connectivity index (χ3n) is 2.99. The van der Waals surface area contributed by atoms with Crippen molar-refractivity contribution in [1.82, 2.24) is 4.90 Å². The molecule has 0 radical (unpaired) electrons. The first kappa shape index (κ1) is 15.5. The molecule has 5 nitrogen and oxygen atoms in total. The van der Waals surface area contributed by atoms with Crippen molar-refractivity contribution in [3.63, 3.8) is 0 Å². The van der Waals surface area contributed by atoms with Gasteiger partial charge in [0.2, 0.25) is 11.8 Å². The second kappa shape index (κ2) is 5.85. The highest BCUT2D eigenvalue weighted by Gasteiger charge is 2.45. The Morgan fingerprint density at radius 2 is 2.10 bits per heavy atom. The monoisotopic (exact) mass is 310 g/mol. The Hall–Kier alpha value is -1.89. The molecule has 1 N–H and O–H groups in total. The summed E-state index contributed by atoms with van der Waals surface area (Å²) < 4.78 is 12.2. The van der Waals surface area contributed by atoms with E-state index in [1.807, 2.05) is 0 Å². The number of hydrogen-bond donors (Lipinski definition) is 1. The molecule has 0 saturated carbocycles. The number of imide groups is 1. The summed E-state index contributed by atoms with van der Waals surface area (Å²) in [6, 6.07) is 5.52. The van der Waals surface area contributed by atoms with Gasteiger partial charge in [-0.3, -0.25) is 19.3 Å². The number of anilines is 1. The van der Waals surface area contributed by atoms with Crippen LogP contribution in [0.2, 0.25) is 0 Å². The van der Waals surface area contributed by atoms with Gasteiger partial charge in [-0.25, -0.2) is 4.39 Å². The number of thioether (sulfide) groups is 1. The molecule has 1 aromatic carbocycles. The first-order chi connectivity index (χ1) is 9.79. The second-order valence-corrected chi connectivity index (χ2v) is 6.72. The lowest BCUT2D eigenvalue weighted by atomic mass is 10.2. The first-order valence-corrected chi connectivity index (χ1v) is 7.21. The van der Waals surface area contributed by atoms with Gasteiger partial charge in [0.05, 0.1) is 4.75 Å². The normalized spacial score (nSPS) is 17.2. The maximum atomic E-state index is 13.0. The molecule has 1 aromatic rings. The number of carbonyl (C=O) groups is 3. The molecule has 0 aliphatic carbocycles. The Morgan fingerprint density at radius 1 is 1.38 bits per heavy atom. The molecular weight excluding hydrogens is 295 g/mol. The van der Waals surface area contributed by atoms with E-state index in [4.69, 9.17) is 0 Å². The van der Waals surface area contributed by atoms with E-state index in [0.717, 1.165) is 16.7 Å². The van der Waals surface area contributed by atoms with Gasteiger partial charge >= 0.3 is 0 Å². The van der Waals surface area contributed by atoms with Gasteiger partial charge in [0.1, 0.15) is 5.82 Å². The molecule has 1 aliphatic rings. The maximum Gasteiger partial charge on any atom is 0.289 e. The quantitative estimate of drug-likeness (QED) is 0.928. The van der Waals surface area contributed by atoms with Crippen LogP contribution in [0.1, 0.15) is 20.3 Å². The number of hydrogen-bond acceptors (Lipinski definition) is 4. The topological polar surface area (TPSA) is 66.5 Å². The molecule has 21 heavy (non-hydrogen) atoms. The number of nitrogens with zero attached hydrogens (tertiary/aromatic N) is 1. The van der Waals surface area contributed by atoms with Crippen LogP contribution in [0.25, 0.3) is 0 Å². The summed E-state index contributed by atoms with van der Waals surface area (Å²) in [5.41, 5.74) is 0.341. The van der Waals surface area contributed by atoms with Crippen LogP contribution in [0.5, 0.6) is 0 Å². The Labute approximate surface area is 125 Å². The Kier molecular flexibility index (Phi) is 4.32. The minimum Gasteiger partial charge on any atom is -0.326 e. The van der Waals surface area contributed by atoms with Crippen LogP contribution in [0.15, 0.2) is 24.3 Å². The molecule has 112 valence electrons. The van der Waals surface area contributed by atoms with Crippen LogP contribution in [-0.2, 0) is 9.59 Å². The van der Waals surface area contributed by atoms with E-state index in [1.165, 1.54) is 18.2 Å². The minimum absolute atomic E-state index is 0.0231. The summed E-state index contributed by atoms with van der Waals surface area (Å²) in [4.78, 5) is 36.5. The van der Waals surface area contributed by atoms with E-state index in [1.54, 1.807) is 19.9 Å². The van der Waals surface area contributed by atoms with Crippen molar-refractivity contribution in [1.29, 1.82) is 0 Å². The zero-order valence-electron chi connectivity index (χ0n) is 11.7. The summed E-state index contributed by atoms with van der Waals surface area (Å²) in [6.07, 6.45) is -0.0232. The van der Waals surface area contributed by atoms with Crippen LogP contribution < -0.4 is 5.32 Å². The summed E-state index contributed by atoms with van der Waals surface area (Å²) in [5.74, 6) is -1.12. The number of nitrogens with one attached hydrogen (secondary N) is 1. The molecule has 0 spiro atoms. The predicted molar refractivity (Wildman–Crippen MR) is 78.4 cm³/mol. The third kappa shape index (κ3) is 3.60. The molecule has 0 unspecified atom stereocenters. The van der Waals surface area contributed by atoms with Gasteiger partial charge < -0.3 is 5.32 Å². The molecule has 1 aliphatic heterocycles. The minimum atomic E-state index is -0.782. The van der Waals surface area contributed by atoms with Crippen molar-refractivity contribution in [2.45, 2.75) is 25.0 Å². The summed E-state index contributed by atoms with van der Waals surface area (Å²) in [5, 5.41) is 2.18. The number of amides is 3. The standard InChI is InChI=1S/C14H15FN2O3S/c1-14(2)12(19)17(13(20)21-14)7-6-11(18)16-10-5-3-4-9(15)8-10/h3-5,8H,6-7H2,1-2H3,(H,16,18). The predicted octanol–water partition coefficient (Wildman–Crippen LogP) is 2.63. The van der Waals surface area contributed by atoms with E-state index >= 15 is 0 Å². The van der Waals surface area contributed by atoms with Crippen LogP contribution in [0.4, 0.5) is 14.9 Å². The molecular formula is C14H15FN2O3S. The largest absolute Gasteiger partial charge is 0.326 e. The average molecular weight is 310 g/mol. The molecule has 1 heterocycles. The van der Waals surface area contributed by atoms with Crippen molar-refractivity contribution < 1.29 is 18.8 Å². The van der Waals surface area contributed by atoms with Crippen molar-refractivity contribution in [2.75, 3.05) is 11.9 Å². The van der Waals surface area contributed by atoms with E-state index in [-0.39, 0.29) is 30.0 Å². The Morgan fingerprint density at radius 3 is 2.67 bits per heavy atom. The average Bonchev–Trinajstić information content (AvgIpc) is 2.56. The van der Waals surface area contributed by atoms with Crippen molar-refractivity contribution >= 4 is 34.5 Å². The van der Waals surface area contributed by atoms with Gasteiger partial charge in [0, 0.05) is 18.7 Å². The number of rotatable bonds is 4. The Balaban J connectivity index is 1.90. The van der Waals surface area contributed by atoms with E-state index < -0.39 is 10.6 Å². The SMILES string of the molecule is CC1(C)SC(=O)N(CCC(=O)Nc2cccc(F)c2)C1=O. The first-order valence-electron chi connectivity index (χ1n) is 6.40. The smallest absolute Gasteiger partial charge is 0.289 e. The highest BCUT2D eigenvalue weighted by atomic mass is 32.2. The molecule has 0 bridgehead atoms. The van der Waals surface area contributed by atoms with E-state index in [9.17, 15) is 18.8 Å². The van der Waals surface area contributed by atoms with Gasteiger partial charge in [0.25, 0.3) is 5.24 Å². The molecule has 2 rings (SSSR count). The summed E-state index contributed by atoms with van der Waals surface area (Å²) in [7, 11) is 0. The van der Waals surface area contributed by atoms with Gasteiger partial charge in [0.15, 0.2) is 0 Å². The van der Waals surface area contributed by atoms with Crippen LogP contribution in [0, 0.1) is 5.82 Å². The lowest BCUT2D eigenvalue weighted by molar-refractivity contribution is -0.129. The molecule has 1 fully saturated rings.